The van der Waals surface area contributed by atoms with Crippen molar-refractivity contribution in [1.29, 1.82) is 0 Å². The first-order valence-electron chi connectivity index (χ1n) is 5.27. The van der Waals surface area contributed by atoms with Crippen LogP contribution in [-0.2, 0) is 6.42 Å². The highest BCUT2D eigenvalue weighted by molar-refractivity contribution is 4.94. The molecule has 4 nitrogen and oxygen atoms in total. The zero-order chi connectivity index (χ0) is 10.6. The summed E-state index contributed by atoms with van der Waals surface area (Å²) in [5.74, 6) is 1.71. The van der Waals surface area contributed by atoms with E-state index in [1.165, 1.54) is 0 Å². The van der Waals surface area contributed by atoms with E-state index in [1.54, 1.807) is 0 Å². The molecule has 0 aliphatic heterocycles. The fourth-order valence-corrected chi connectivity index (χ4v) is 1.44. The van der Waals surface area contributed by atoms with Gasteiger partial charge in [-0.15, -0.1) is 0 Å². The topological polar surface area (TPSA) is 64.9 Å². The molecule has 0 amide bonds. The van der Waals surface area contributed by atoms with Crippen molar-refractivity contribution < 1.29 is 4.52 Å². The van der Waals surface area contributed by atoms with E-state index in [1.807, 2.05) is 6.92 Å². The molecule has 2 N–H and O–H groups in total. The van der Waals surface area contributed by atoms with Gasteiger partial charge in [0.2, 0.25) is 5.89 Å². The number of nitrogens with two attached hydrogens (primary N) is 1. The van der Waals surface area contributed by atoms with Crippen LogP contribution in [-0.4, -0.2) is 10.1 Å². The Morgan fingerprint density at radius 1 is 1.43 bits per heavy atom. The van der Waals surface area contributed by atoms with Crippen molar-refractivity contribution in [3.63, 3.8) is 0 Å². The Hall–Kier alpha value is -0.900. The van der Waals surface area contributed by atoms with Crippen LogP contribution in [0.25, 0.3) is 0 Å². The normalized spacial score (nSPS) is 15.4. The summed E-state index contributed by atoms with van der Waals surface area (Å²) in [5, 5.41) is 3.88. The summed E-state index contributed by atoms with van der Waals surface area (Å²) in [7, 11) is 0. The van der Waals surface area contributed by atoms with Gasteiger partial charge in [0.1, 0.15) is 0 Å². The lowest BCUT2D eigenvalue weighted by molar-refractivity contribution is 0.357. The molecule has 14 heavy (non-hydrogen) atoms. The molecule has 1 rings (SSSR count). The molecule has 2 unspecified atom stereocenters. The van der Waals surface area contributed by atoms with Gasteiger partial charge in [0.25, 0.3) is 0 Å². The van der Waals surface area contributed by atoms with E-state index >= 15 is 0 Å². The lowest BCUT2D eigenvalue weighted by Gasteiger charge is -2.14. The maximum absolute atomic E-state index is 6.01. The average molecular weight is 197 g/mol. The predicted molar refractivity (Wildman–Crippen MR) is 54.7 cm³/mol. The Morgan fingerprint density at radius 2 is 2.14 bits per heavy atom. The molecular weight excluding hydrogens is 178 g/mol. The highest BCUT2D eigenvalue weighted by Gasteiger charge is 2.19. The second-order valence-corrected chi connectivity index (χ2v) is 3.69. The number of hydrogen-bond donors (Lipinski definition) is 1. The average Bonchev–Trinajstić information content (AvgIpc) is 2.65. The summed E-state index contributed by atoms with van der Waals surface area (Å²) < 4.78 is 5.02. The van der Waals surface area contributed by atoms with Crippen molar-refractivity contribution >= 4 is 0 Å². The first kappa shape index (κ1) is 11.2. The summed E-state index contributed by atoms with van der Waals surface area (Å²) in [6.45, 7) is 6.26. The molecule has 1 aromatic rings. The van der Waals surface area contributed by atoms with Crippen molar-refractivity contribution in [3.05, 3.63) is 11.7 Å². The molecular formula is C10H19N3O. The second-order valence-electron chi connectivity index (χ2n) is 3.69. The van der Waals surface area contributed by atoms with Gasteiger partial charge in [0.05, 0.1) is 6.04 Å². The first-order valence-corrected chi connectivity index (χ1v) is 5.27. The quantitative estimate of drug-likeness (QED) is 0.784. The maximum atomic E-state index is 6.01. The molecule has 0 fully saturated rings. The van der Waals surface area contributed by atoms with Gasteiger partial charge >= 0.3 is 0 Å². The van der Waals surface area contributed by atoms with Gasteiger partial charge in [-0.1, -0.05) is 32.3 Å². The second kappa shape index (κ2) is 5.10. The van der Waals surface area contributed by atoms with E-state index in [0.717, 1.165) is 19.3 Å². The molecule has 0 bridgehead atoms. The smallest absolute Gasteiger partial charge is 0.226 e. The van der Waals surface area contributed by atoms with Crippen LogP contribution in [0, 0.1) is 5.92 Å². The lowest BCUT2D eigenvalue weighted by Crippen LogP contribution is -2.20. The van der Waals surface area contributed by atoms with Gasteiger partial charge in [0.15, 0.2) is 5.82 Å². The summed E-state index contributed by atoms with van der Waals surface area (Å²) in [4.78, 5) is 4.23. The standard InChI is InChI=1S/C10H19N3O/c1-4-6-7(3)9(11)10-12-8(5-2)14-13-10/h7,9H,4-6,11H2,1-3H3. The number of nitrogens with zero attached hydrogens (tertiary/aromatic N) is 2. The first-order chi connectivity index (χ1) is 6.69. The van der Waals surface area contributed by atoms with Crippen molar-refractivity contribution in [3.8, 4) is 0 Å². The highest BCUT2D eigenvalue weighted by Crippen LogP contribution is 2.20. The van der Waals surface area contributed by atoms with Crippen LogP contribution in [0.5, 0.6) is 0 Å². The van der Waals surface area contributed by atoms with Crippen molar-refractivity contribution in [1.82, 2.24) is 10.1 Å². The molecule has 0 aliphatic rings. The Bertz CT molecular complexity index is 272. The van der Waals surface area contributed by atoms with Crippen molar-refractivity contribution in [2.24, 2.45) is 11.7 Å². The zero-order valence-electron chi connectivity index (χ0n) is 9.16. The molecule has 0 radical (unpaired) electrons. The fraction of sp³-hybridized carbons (Fsp3) is 0.800. The molecule has 1 heterocycles. The van der Waals surface area contributed by atoms with Gasteiger partial charge in [-0.2, -0.15) is 4.98 Å². The zero-order valence-corrected chi connectivity index (χ0v) is 9.16. The van der Waals surface area contributed by atoms with E-state index in [4.69, 9.17) is 10.3 Å². The number of rotatable bonds is 5. The minimum atomic E-state index is -0.0981. The molecule has 80 valence electrons. The van der Waals surface area contributed by atoms with E-state index in [9.17, 15) is 0 Å². The third-order valence-corrected chi connectivity index (χ3v) is 2.44. The summed E-state index contributed by atoms with van der Waals surface area (Å²) in [5.41, 5.74) is 6.01. The van der Waals surface area contributed by atoms with Gasteiger partial charge in [-0.25, -0.2) is 0 Å². The van der Waals surface area contributed by atoms with Crippen molar-refractivity contribution in [2.45, 2.75) is 46.1 Å². The Balaban J connectivity index is 2.63. The van der Waals surface area contributed by atoms with E-state index in [2.05, 4.69) is 24.0 Å². The summed E-state index contributed by atoms with van der Waals surface area (Å²) in [6, 6.07) is -0.0981. The van der Waals surface area contributed by atoms with Gasteiger partial charge in [0, 0.05) is 6.42 Å². The summed E-state index contributed by atoms with van der Waals surface area (Å²) >= 11 is 0. The van der Waals surface area contributed by atoms with Crippen LogP contribution in [0.1, 0.15) is 51.4 Å². The van der Waals surface area contributed by atoms with Crippen LogP contribution in [0.15, 0.2) is 4.52 Å². The molecule has 1 aromatic heterocycles. The Morgan fingerprint density at radius 3 is 2.64 bits per heavy atom. The van der Waals surface area contributed by atoms with Crippen LogP contribution in [0.3, 0.4) is 0 Å². The lowest BCUT2D eigenvalue weighted by atomic mass is 9.97. The molecule has 4 heteroatoms. The SMILES string of the molecule is CCCC(C)C(N)c1noc(CC)n1. The summed E-state index contributed by atoms with van der Waals surface area (Å²) in [6.07, 6.45) is 2.99. The molecule has 0 spiro atoms. The Kier molecular flexibility index (Phi) is 4.07. The maximum Gasteiger partial charge on any atom is 0.226 e. The largest absolute Gasteiger partial charge is 0.339 e. The molecule has 0 saturated carbocycles. The fourth-order valence-electron chi connectivity index (χ4n) is 1.44. The number of hydrogen-bond acceptors (Lipinski definition) is 4. The Labute approximate surface area is 84.9 Å². The van der Waals surface area contributed by atoms with Gasteiger partial charge < -0.3 is 10.3 Å². The number of aromatic nitrogens is 2. The van der Waals surface area contributed by atoms with E-state index in [-0.39, 0.29) is 6.04 Å². The van der Waals surface area contributed by atoms with Crippen LogP contribution >= 0.6 is 0 Å². The number of aryl methyl sites for hydroxylation is 1. The van der Waals surface area contributed by atoms with E-state index in [0.29, 0.717) is 17.6 Å². The third kappa shape index (κ3) is 2.54. The molecule has 0 aliphatic carbocycles. The van der Waals surface area contributed by atoms with E-state index < -0.39 is 0 Å². The van der Waals surface area contributed by atoms with Gasteiger partial charge in [-0.05, 0) is 12.3 Å². The third-order valence-electron chi connectivity index (χ3n) is 2.44. The highest BCUT2D eigenvalue weighted by atomic mass is 16.5. The van der Waals surface area contributed by atoms with Crippen LogP contribution in [0.2, 0.25) is 0 Å². The van der Waals surface area contributed by atoms with Crippen LogP contribution < -0.4 is 5.73 Å². The van der Waals surface area contributed by atoms with Crippen LogP contribution in [0.4, 0.5) is 0 Å². The van der Waals surface area contributed by atoms with Gasteiger partial charge in [-0.3, -0.25) is 0 Å². The molecule has 0 saturated heterocycles. The predicted octanol–water partition coefficient (Wildman–Crippen LogP) is 2.07. The monoisotopic (exact) mass is 197 g/mol. The molecule has 2 atom stereocenters. The molecule has 0 aromatic carbocycles. The minimum absolute atomic E-state index is 0.0981. The minimum Gasteiger partial charge on any atom is -0.339 e. The van der Waals surface area contributed by atoms with Crippen molar-refractivity contribution in [2.75, 3.05) is 0 Å².